The Morgan fingerprint density at radius 3 is 2.39 bits per heavy atom. The van der Waals surface area contributed by atoms with Crippen LogP contribution in [0.4, 0.5) is 4.79 Å². The number of benzene rings is 1. The van der Waals surface area contributed by atoms with Gasteiger partial charge in [-0.25, -0.2) is 4.79 Å². The van der Waals surface area contributed by atoms with E-state index in [0.29, 0.717) is 32.4 Å². The lowest BCUT2D eigenvalue weighted by Crippen LogP contribution is -2.43. The van der Waals surface area contributed by atoms with E-state index in [0.717, 1.165) is 16.8 Å². The molecule has 1 aromatic carbocycles. The fourth-order valence-corrected chi connectivity index (χ4v) is 3.49. The number of hydrogen-bond donors (Lipinski definition) is 0. The van der Waals surface area contributed by atoms with Crippen LogP contribution >= 0.6 is 0 Å². The predicted molar refractivity (Wildman–Crippen MR) is 109 cm³/mol. The highest BCUT2D eigenvalue weighted by molar-refractivity contribution is 5.85. The van der Waals surface area contributed by atoms with Gasteiger partial charge in [0.1, 0.15) is 11.4 Å². The monoisotopic (exact) mass is 380 g/mol. The molecule has 1 aliphatic rings. The average molecular weight is 380 g/mol. The summed E-state index contributed by atoms with van der Waals surface area (Å²) in [6.07, 6.45) is 3.23. The van der Waals surface area contributed by atoms with Crippen LogP contribution in [-0.2, 0) is 16.0 Å². The van der Waals surface area contributed by atoms with Crippen molar-refractivity contribution in [2.75, 3.05) is 13.1 Å². The Labute approximate surface area is 166 Å². The number of amides is 1. The third kappa shape index (κ3) is 5.18. The summed E-state index contributed by atoms with van der Waals surface area (Å²) in [6.45, 7) is 6.71. The van der Waals surface area contributed by atoms with Crippen molar-refractivity contribution in [3.05, 3.63) is 54.2 Å². The first-order valence-electron chi connectivity index (χ1n) is 9.83. The minimum atomic E-state index is -0.501. The zero-order valence-corrected chi connectivity index (χ0v) is 16.9. The summed E-state index contributed by atoms with van der Waals surface area (Å²) in [7, 11) is 0. The number of rotatable bonds is 4. The molecule has 0 unspecified atom stereocenters. The normalized spacial score (nSPS) is 15.3. The van der Waals surface area contributed by atoms with Crippen LogP contribution in [0.15, 0.2) is 48.7 Å². The lowest BCUT2D eigenvalue weighted by Gasteiger charge is -2.33. The molecule has 1 aromatic heterocycles. The Kier molecular flexibility index (Phi) is 6.12. The predicted octanol–water partition coefficient (Wildman–Crippen LogP) is 4.51. The van der Waals surface area contributed by atoms with Gasteiger partial charge in [0.05, 0.1) is 5.69 Å². The van der Waals surface area contributed by atoms with E-state index in [-0.39, 0.29) is 17.8 Å². The van der Waals surface area contributed by atoms with Crippen LogP contribution in [0.2, 0.25) is 0 Å². The molecule has 1 fully saturated rings. The molecule has 148 valence electrons. The van der Waals surface area contributed by atoms with Crippen molar-refractivity contribution in [1.82, 2.24) is 9.88 Å². The second-order valence-electron chi connectivity index (χ2n) is 8.26. The summed E-state index contributed by atoms with van der Waals surface area (Å²) >= 11 is 0. The molecule has 0 spiro atoms. The van der Waals surface area contributed by atoms with E-state index in [1.165, 1.54) is 0 Å². The van der Waals surface area contributed by atoms with E-state index in [1.54, 1.807) is 11.1 Å². The van der Waals surface area contributed by atoms with Gasteiger partial charge in [-0.15, -0.1) is 0 Å². The summed E-state index contributed by atoms with van der Waals surface area (Å²) < 4.78 is 5.43. The number of nitrogens with zero attached hydrogens (tertiary/aromatic N) is 2. The molecule has 2 heterocycles. The van der Waals surface area contributed by atoms with E-state index in [4.69, 9.17) is 4.74 Å². The number of ketones is 1. The Morgan fingerprint density at radius 2 is 1.75 bits per heavy atom. The van der Waals surface area contributed by atoms with E-state index in [2.05, 4.69) is 4.98 Å². The Hall–Kier alpha value is -2.69. The molecular weight excluding hydrogens is 352 g/mol. The number of pyridine rings is 1. The molecule has 1 saturated heterocycles. The first kappa shape index (κ1) is 20.1. The number of carbonyl (C=O) groups excluding carboxylic acids is 2. The van der Waals surface area contributed by atoms with Gasteiger partial charge in [-0.05, 0) is 51.3 Å². The quantitative estimate of drug-likeness (QED) is 0.783. The van der Waals surface area contributed by atoms with Gasteiger partial charge in [-0.2, -0.15) is 0 Å². The molecule has 2 aromatic rings. The van der Waals surface area contributed by atoms with Crippen LogP contribution in [-0.4, -0.2) is 40.5 Å². The molecule has 3 rings (SSSR count). The summed E-state index contributed by atoms with van der Waals surface area (Å²) in [6, 6.07) is 13.7. The fraction of sp³-hybridized carbons (Fsp3) is 0.435. The van der Waals surface area contributed by atoms with E-state index in [1.807, 2.05) is 63.2 Å². The zero-order valence-electron chi connectivity index (χ0n) is 16.9. The highest BCUT2D eigenvalue weighted by Crippen LogP contribution is 2.26. The average Bonchev–Trinajstić information content (AvgIpc) is 2.68. The van der Waals surface area contributed by atoms with Crippen LogP contribution < -0.4 is 0 Å². The smallest absolute Gasteiger partial charge is 0.410 e. The summed E-state index contributed by atoms with van der Waals surface area (Å²) in [5.41, 5.74) is 2.38. The van der Waals surface area contributed by atoms with Crippen molar-refractivity contribution in [3.63, 3.8) is 0 Å². The molecule has 0 radical (unpaired) electrons. The highest BCUT2D eigenvalue weighted by atomic mass is 16.6. The van der Waals surface area contributed by atoms with E-state index < -0.39 is 5.60 Å². The molecule has 0 aliphatic carbocycles. The lowest BCUT2D eigenvalue weighted by molar-refractivity contribution is -0.123. The fourth-order valence-electron chi connectivity index (χ4n) is 3.49. The van der Waals surface area contributed by atoms with Gasteiger partial charge in [0.15, 0.2) is 0 Å². The van der Waals surface area contributed by atoms with Gasteiger partial charge in [0, 0.05) is 37.2 Å². The van der Waals surface area contributed by atoms with Gasteiger partial charge < -0.3 is 9.64 Å². The van der Waals surface area contributed by atoms with Gasteiger partial charge in [0.25, 0.3) is 0 Å². The van der Waals surface area contributed by atoms with Gasteiger partial charge in [-0.1, -0.05) is 30.3 Å². The summed E-state index contributed by atoms with van der Waals surface area (Å²) in [5.74, 6) is 0.211. The number of aromatic nitrogens is 1. The second kappa shape index (κ2) is 8.55. The van der Waals surface area contributed by atoms with Crippen LogP contribution in [0.25, 0.3) is 11.3 Å². The van der Waals surface area contributed by atoms with Crippen molar-refractivity contribution >= 4 is 11.9 Å². The molecule has 0 bridgehead atoms. The zero-order chi connectivity index (χ0) is 20.1. The molecule has 28 heavy (non-hydrogen) atoms. The maximum Gasteiger partial charge on any atom is 0.410 e. The number of piperidine rings is 1. The van der Waals surface area contributed by atoms with Crippen molar-refractivity contribution in [1.29, 1.82) is 0 Å². The number of carbonyl (C=O) groups is 2. The molecule has 1 aliphatic heterocycles. The highest BCUT2D eigenvalue weighted by Gasteiger charge is 2.30. The van der Waals surface area contributed by atoms with Crippen molar-refractivity contribution in [2.24, 2.45) is 5.92 Å². The molecule has 0 saturated carbocycles. The minimum Gasteiger partial charge on any atom is -0.444 e. The van der Waals surface area contributed by atoms with Gasteiger partial charge >= 0.3 is 6.09 Å². The number of Topliss-reactive ketones (excluding diaryl/α,β-unsaturated/α-hetero) is 1. The van der Waals surface area contributed by atoms with E-state index in [9.17, 15) is 9.59 Å². The summed E-state index contributed by atoms with van der Waals surface area (Å²) in [4.78, 5) is 31.2. The number of ether oxygens (including phenoxy) is 1. The van der Waals surface area contributed by atoms with Gasteiger partial charge in [0.2, 0.25) is 0 Å². The van der Waals surface area contributed by atoms with Crippen molar-refractivity contribution < 1.29 is 14.3 Å². The van der Waals surface area contributed by atoms with Crippen LogP contribution in [0, 0.1) is 5.92 Å². The standard InChI is InChI=1S/C23H28N2O3/c1-23(2,3)28-22(27)25-14-11-17(12-15-25)21(26)16-18-8-4-5-9-19(18)20-10-6-7-13-24-20/h4-10,13,17H,11-12,14-16H2,1-3H3. The maximum atomic E-state index is 12.9. The molecule has 0 N–H and O–H groups in total. The second-order valence-corrected chi connectivity index (χ2v) is 8.26. The van der Waals surface area contributed by atoms with Crippen LogP contribution in [0.3, 0.4) is 0 Å². The lowest BCUT2D eigenvalue weighted by atomic mass is 9.88. The maximum absolute atomic E-state index is 12.9. The molecule has 5 nitrogen and oxygen atoms in total. The number of hydrogen-bond acceptors (Lipinski definition) is 4. The van der Waals surface area contributed by atoms with Crippen LogP contribution in [0.1, 0.15) is 39.2 Å². The SMILES string of the molecule is CC(C)(C)OC(=O)N1CCC(C(=O)Cc2ccccc2-c2ccccn2)CC1. The molecular formula is C23H28N2O3. The van der Waals surface area contributed by atoms with Crippen LogP contribution in [0.5, 0.6) is 0 Å². The third-order valence-electron chi connectivity index (χ3n) is 4.92. The summed E-state index contributed by atoms with van der Waals surface area (Å²) in [5, 5.41) is 0. The first-order valence-corrected chi connectivity index (χ1v) is 9.83. The Morgan fingerprint density at radius 1 is 1.07 bits per heavy atom. The number of likely N-dealkylation sites (tertiary alicyclic amines) is 1. The van der Waals surface area contributed by atoms with Crippen molar-refractivity contribution in [3.8, 4) is 11.3 Å². The van der Waals surface area contributed by atoms with E-state index >= 15 is 0 Å². The third-order valence-corrected chi connectivity index (χ3v) is 4.92. The Balaban J connectivity index is 1.61. The first-order chi connectivity index (χ1) is 13.3. The minimum absolute atomic E-state index is 0.0181. The largest absolute Gasteiger partial charge is 0.444 e. The topological polar surface area (TPSA) is 59.5 Å². The van der Waals surface area contributed by atoms with Gasteiger partial charge in [-0.3, -0.25) is 9.78 Å². The van der Waals surface area contributed by atoms with Crippen molar-refractivity contribution in [2.45, 2.75) is 45.6 Å². The molecule has 5 heteroatoms. The Bertz CT molecular complexity index is 819. The molecule has 0 atom stereocenters. The molecule has 1 amide bonds.